The molecule has 0 saturated heterocycles. The minimum atomic E-state index is -0.167. The zero-order valence-electron chi connectivity index (χ0n) is 15.4. The lowest BCUT2D eigenvalue weighted by molar-refractivity contribution is 0.392. The van der Waals surface area contributed by atoms with E-state index in [1.54, 1.807) is 17.4 Å². The van der Waals surface area contributed by atoms with E-state index in [1.165, 1.54) is 16.5 Å². The first-order valence-corrected chi connectivity index (χ1v) is 9.34. The van der Waals surface area contributed by atoms with Crippen molar-refractivity contribution in [1.82, 2.24) is 15.5 Å². The number of halogens is 1. The van der Waals surface area contributed by atoms with Crippen LogP contribution < -0.4 is 10.6 Å². The van der Waals surface area contributed by atoms with Gasteiger partial charge < -0.3 is 15.5 Å². The van der Waals surface area contributed by atoms with Crippen molar-refractivity contribution < 1.29 is 4.39 Å². The van der Waals surface area contributed by atoms with Crippen LogP contribution in [0.5, 0.6) is 0 Å². The number of hydrogen-bond acceptors (Lipinski definition) is 3. The van der Waals surface area contributed by atoms with Crippen LogP contribution in [0.25, 0.3) is 0 Å². The second kappa shape index (κ2) is 9.53. The highest BCUT2D eigenvalue weighted by atomic mass is 32.1. The Morgan fingerprint density at radius 3 is 2.68 bits per heavy atom. The largest absolute Gasteiger partial charge is 0.357 e. The van der Waals surface area contributed by atoms with Gasteiger partial charge in [-0.15, -0.1) is 11.3 Å². The smallest absolute Gasteiger partial charge is 0.191 e. The molecule has 25 heavy (non-hydrogen) atoms. The van der Waals surface area contributed by atoms with Gasteiger partial charge >= 0.3 is 0 Å². The molecular weight excluding hydrogens is 335 g/mol. The lowest BCUT2D eigenvalue weighted by Gasteiger charge is -2.13. The van der Waals surface area contributed by atoms with Crippen molar-refractivity contribution in [2.75, 3.05) is 20.6 Å². The number of thiophene rings is 1. The summed E-state index contributed by atoms with van der Waals surface area (Å²) in [6.07, 6.45) is 0. The molecule has 0 amide bonds. The fourth-order valence-corrected chi connectivity index (χ4v) is 3.30. The zero-order valence-corrected chi connectivity index (χ0v) is 16.2. The van der Waals surface area contributed by atoms with Crippen molar-refractivity contribution in [2.24, 2.45) is 4.99 Å². The van der Waals surface area contributed by atoms with Crippen LogP contribution in [0.15, 0.2) is 34.6 Å². The van der Waals surface area contributed by atoms with Gasteiger partial charge in [-0.25, -0.2) is 9.38 Å². The Labute approximate surface area is 153 Å². The topological polar surface area (TPSA) is 39.7 Å². The number of nitrogens with zero attached hydrogens (tertiary/aromatic N) is 2. The van der Waals surface area contributed by atoms with Gasteiger partial charge in [-0.3, -0.25) is 0 Å². The normalized spacial score (nSPS) is 11.8. The number of hydrogen-bond donors (Lipinski definition) is 2. The van der Waals surface area contributed by atoms with Gasteiger partial charge in [0.05, 0.1) is 13.1 Å². The van der Waals surface area contributed by atoms with Gasteiger partial charge in [0.15, 0.2) is 5.96 Å². The van der Waals surface area contributed by atoms with E-state index in [-0.39, 0.29) is 5.82 Å². The fraction of sp³-hybridized carbons (Fsp3) is 0.421. The molecule has 6 heteroatoms. The summed E-state index contributed by atoms with van der Waals surface area (Å²) in [5, 5.41) is 8.71. The molecule has 0 unspecified atom stereocenters. The SMILES string of the molecule is CCNC(=NCc1ccc(F)c(CN(C)C)c1)NCc1sccc1C. The van der Waals surface area contributed by atoms with Gasteiger partial charge in [0.25, 0.3) is 0 Å². The molecule has 0 aliphatic heterocycles. The minimum absolute atomic E-state index is 0.167. The summed E-state index contributed by atoms with van der Waals surface area (Å²) in [4.78, 5) is 7.89. The molecule has 1 heterocycles. The molecule has 1 aromatic carbocycles. The molecule has 4 nitrogen and oxygen atoms in total. The molecule has 0 fully saturated rings. The van der Waals surface area contributed by atoms with Gasteiger partial charge in [-0.2, -0.15) is 0 Å². The molecule has 0 aliphatic rings. The van der Waals surface area contributed by atoms with E-state index in [9.17, 15) is 4.39 Å². The Bertz CT molecular complexity index is 709. The second-order valence-electron chi connectivity index (χ2n) is 6.24. The third-order valence-corrected chi connectivity index (χ3v) is 4.77. The van der Waals surface area contributed by atoms with Crippen LogP contribution in [0.1, 0.15) is 28.5 Å². The fourth-order valence-electron chi connectivity index (χ4n) is 2.45. The summed E-state index contributed by atoms with van der Waals surface area (Å²) < 4.78 is 13.9. The maximum Gasteiger partial charge on any atom is 0.191 e. The van der Waals surface area contributed by atoms with Crippen LogP contribution in [0, 0.1) is 12.7 Å². The molecular formula is C19H27FN4S. The molecule has 0 radical (unpaired) electrons. The Kier molecular flexibility index (Phi) is 7.40. The Balaban J connectivity index is 2.03. The van der Waals surface area contributed by atoms with Gasteiger partial charge in [0, 0.05) is 23.5 Å². The third-order valence-electron chi connectivity index (χ3n) is 3.75. The van der Waals surface area contributed by atoms with Crippen LogP contribution in [0.3, 0.4) is 0 Å². The molecule has 0 aliphatic carbocycles. The van der Waals surface area contributed by atoms with Gasteiger partial charge in [0.1, 0.15) is 5.82 Å². The lowest BCUT2D eigenvalue weighted by atomic mass is 10.1. The average Bonchev–Trinajstić information content (AvgIpc) is 2.97. The van der Waals surface area contributed by atoms with Gasteiger partial charge in [-0.1, -0.05) is 6.07 Å². The summed E-state index contributed by atoms with van der Waals surface area (Å²) in [5.74, 6) is 0.605. The number of aliphatic imine (C=N–C) groups is 1. The van der Waals surface area contributed by atoms with Crippen molar-refractivity contribution in [3.63, 3.8) is 0 Å². The van der Waals surface area contributed by atoms with Crippen LogP contribution in [-0.4, -0.2) is 31.5 Å². The van der Waals surface area contributed by atoms with Crippen molar-refractivity contribution in [3.05, 3.63) is 57.0 Å². The Morgan fingerprint density at radius 1 is 1.24 bits per heavy atom. The summed E-state index contributed by atoms with van der Waals surface area (Å²) in [5.41, 5.74) is 2.99. The number of nitrogens with one attached hydrogen (secondary N) is 2. The zero-order chi connectivity index (χ0) is 18.2. The number of rotatable bonds is 7. The van der Waals surface area contributed by atoms with Crippen molar-refractivity contribution >= 4 is 17.3 Å². The van der Waals surface area contributed by atoms with Crippen molar-refractivity contribution in [2.45, 2.75) is 33.5 Å². The molecule has 2 rings (SSSR count). The van der Waals surface area contributed by atoms with Crippen LogP contribution in [0.4, 0.5) is 4.39 Å². The molecule has 2 N–H and O–H groups in total. The summed E-state index contributed by atoms with van der Waals surface area (Å²) >= 11 is 1.74. The highest BCUT2D eigenvalue weighted by Gasteiger charge is 2.06. The minimum Gasteiger partial charge on any atom is -0.357 e. The molecule has 0 spiro atoms. The predicted molar refractivity (Wildman–Crippen MR) is 105 cm³/mol. The maximum absolute atomic E-state index is 13.9. The van der Waals surface area contributed by atoms with Crippen molar-refractivity contribution in [1.29, 1.82) is 0 Å². The third kappa shape index (κ3) is 6.14. The standard InChI is InChI=1S/C19H27FN4S/c1-5-21-19(23-12-18-14(2)8-9-25-18)22-11-15-6-7-17(20)16(10-15)13-24(3)4/h6-10H,5,11-13H2,1-4H3,(H2,21,22,23). The monoisotopic (exact) mass is 362 g/mol. The maximum atomic E-state index is 13.9. The highest BCUT2D eigenvalue weighted by Crippen LogP contribution is 2.15. The lowest BCUT2D eigenvalue weighted by Crippen LogP contribution is -2.36. The highest BCUT2D eigenvalue weighted by molar-refractivity contribution is 7.10. The van der Waals surface area contributed by atoms with E-state index in [0.717, 1.165) is 24.6 Å². The van der Waals surface area contributed by atoms with Gasteiger partial charge in [0.2, 0.25) is 0 Å². The van der Waals surface area contributed by atoms with Crippen LogP contribution in [-0.2, 0) is 19.6 Å². The summed E-state index contributed by atoms with van der Waals surface area (Å²) in [6.45, 7) is 6.80. The molecule has 0 bridgehead atoms. The Hall–Kier alpha value is -1.92. The van der Waals surface area contributed by atoms with Crippen molar-refractivity contribution in [3.8, 4) is 0 Å². The van der Waals surface area contributed by atoms with E-state index < -0.39 is 0 Å². The van der Waals surface area contributed by atoms with E-state index in [1.807, 2.05) is 32.0 Å². The molecule has 0 saturated carbocycles. The van der Waals surface area contributed by atoms with E-state index in [2.05, 4.69) is 34.0 Å². The molecule has 0 atom stereocenters. The second-order valence-corrected chi connectivity index (χ2v) is 7.24. The first kappa shape index (κ1) is 19.4. The first-order valence-electron chi connectivity index (χ1n) is 8.46. The first-order chi connectivity index (χ1) is 12.0. The molecule has 1 aromatic heterocycles. The molecule has 2 aromatic rings. The van der Waals surface area contributed by atoms with E-state index in [4.69, 9.17) is 0 Å². The average molecular weight is 363 g/mol. The molecule has 136 valence electrons. The van der Waals surface area contributed by atoms with E-state index in [0.29, 0.717) is 18.7 Å². The predicted octanol–water partition coefficient (Wildman–Crippen LogP) is 3.51. The quantitative estimate of drug-likeness (QED) is 0.585. The van der Waals surface area contributed by atoms with Gasteiger partial charge in [-0.05, 0) is 62.6 Å². The number of benzene rings is 1. The summed E-state index contributed by atoms with van der Waals surface area (Å²) in [7, 11) is 3.87. The Morgan fingerprint density at radius 2 is 2.04 bits per heavy atom. The van der Waals surface area contributed by atoms with Crippen LogP contribution in [0.2, 0.25) is 0 Å². The van der Waals surface area contributed by atoms with Crippen LogP contribution >= 0.6 is 11.3 Å². The van der Waals surface area contributed by atoms with E-state index >= 15 is 0 Å². The number of guanidine groups is 1. The summed E-state index contributed by atoms with van der Waals surface area (Å²) in [6, 6.07) is 7.34. The number of aryl methyl sites for hydroxylation is 1.